The number of halogens is 1. The van der Waals surface area contributed by atoms with Gasteiger partial charge in [0.15, 0.2) is 5.75 Å². The summed E-state index contributed by atoms with van der Waals surface area (Å²) in [5.41, 5.74) is 4.60. The molecule has 27 heavy (non-hydrogen) atoms. The monoisotopic (exact) mass is 384 g/mol. The third kappa shape index (κ3) is 3.83. The van der Waals surface area contributed by atoms with Crippen LogP contribution in [-0.2, 0) is 0 Å². The normalized spacial score (nSPS) is 18.0. The van der Waals surface area contributed by atoms with Gasteiger partial charge in [0, 0.05) is 45.0 Å². The summed E-state index contributed by atoms with van der Waals surface area (Å²) in [6.07, 6.45) is 4.16. The highest BCUT2D eigenvalue weighted by molar-refractivity contribution is 6.32. The zero-order chi connectivity index (χ0) is 18.6. The van der Waals surface area contributed by atoms with Crippen LogP contribution >= 0.6 is 11.6 Å². The standard InChI is InChI=1S/C19H21ClN6O/c1-14(25-9-11-26(12-10-25)17-4-2-3-7-21-17)23-24-16-6-13-27-19-15(20)5-8-22-18(16)19/h2-5,7-8,23H,1,6,9-13H2/b24-16-. The quantitative estimate of drug-likeness (QED) is 0.817. The summed E-state index contributed by atoms with van der Waals surface area (Å²) in [7, 11) is 0. The topological polar surface area (TPSA) is 65.9 Å². The second-order valence-electron chi connectivity index (χ2n) is 6.35. The Hall–Kier alpha value is -2.80. The van der Waals surface area contributed by atoms with Crippen LogP contribution in [0.2, 0.25) is 5.02 Å². The van der Waals surface area contributed by atoms with Crippen molar-refractivity contribution >= 4 is 23.1 Å². The van der Waals surface area contributed by atoms with E-state index in [-0.39, 0.29) is 0 Å². The molecule has 0 bridgehead atoms. The van der Waals surface area contributed by atoms with E-state index >= 15 is 0 Å². The van der Waals surface area contributed by atoms with Gasteiger partial charge in [0.25, 0.3) is 0 Å². The number of hydrogen-bond donors (Lipinski definition) is 1. The van der Waals surface area contributed by atoms with Crippen LogP contribution in [0.5, 0.6) is 5.75 Å². The number of ether oxygens (including phenoxy) is 1. The molecule has 0 spiro atoms. The van der Waals surface area contributed by atoms with Gasteiger partial charge in [-0.05, 0) is 18.2 Å². The van der Waals surface area contributed by atoms with E-state index < -0.39 is 0 Å². The van der Waals surface area contributed by atoms with Crippen molar-refractivity contribution in [2.75, 3.05) is 37.7 Å². The Morgan fingerprint density at radius 1 is 1.15 bits per heavy atom. The van der Waals surface area contributed by atoms with E-state index in [4.69, 9.17) is 16.3 Å². The Labute approximate surface area is 163 Å². The van der Waals surface area contributed by atoms with Crippen molar-refractivity contribution in [1.29, 1.82) is 0 Å². The lowest BCUT2D eigenvalue weighted by molar-refractivity contribution is 0.300. The Balaban J connectivity index is 1.37. The van der Waals surface area contributed by atoms with Crippen molar-refractivity contribution in [2.24, 2.45) is 5.10 Å². The van der Waals surface area contributed by atoms with E-state index in [1.165, 1.54) is 0 Å². The van der Waals surface area contributed by atoms with Gasteiger partial charge in [0.1, 0.15) is 17.3 Å². The van der Waals surface area contributed by atoms with Gasteiger partial charge in [-0.25, -0.2) is 4.98 Å². The Morgan fingerprint density at radius 3 is 2.78 bits per heavy atom. The van der Waals surface area contributed by atoms with Crippen molar-refractivity contribution in [2.45, 2.75) is 6.42 Å². The molecule has 2 aliphatic heterocycles. The largest absolute Gasteiger partial charge is 0.489 e. The molecular weight excluding hydrogens is 364 g/mol. The molecule has 4 rings (SSSR count). The molecular formula is C19H21ClN6O. The average molecular weight is 385 g/mol. The second-order valence-corrected chi connectivity index (χ2v) is 6.76. The molecule has 0 amide bonds. The molecule has 0 radical (unpaired) electrons. The predicted molar refractivity (Wildman–Crippen MR) is 106 cm³/mol. The summed E-state index contributed by atoms with van der Waals surface area (Å²) >= 11 is 6.18. The van der Waals surface area contributed by atoms with Crippen LogP contribution in [0.4, 0.5) is 5.82 Å². The Kier molecular flexibility index (Phi) is 5.11. The van der Waals surface area contributed by atoms with Crippen molar-refractivity contribution in [3.05, 3.63) is 59.8 Å². The number of piperazine rings is 1. The third-order valence-corrected chi connectivity index (χ3v) is 4.97. The highest BCUT2D eigenvalue weighted by atomic mass is 35.5. The lowest BCUT2D eigenvalue weighted by atomic mass is 10.1. The fraction of sp³-hybridized carbons (Fsp3) is 0.316. The van der Waals surface area contributed by atoms with Gasteiger partial charge in [-0.2, -0.15) is 5.10 Å². The first kappa shape index (κ1) is 17.6. The molecule has 1 saturated heterocycles. The fourth-order valence-electron chi connectivity index (χ4n) is 3.19. The Morgan fingerprint density at radius 2 is 2.00 bits per heavy atom. The van der Waals surface area contributed by atoms with E-state index in [9.17, 15) is 0 Å². The minimum absolute atomic E-state index is 0.536. The van der Waals surface area contributed by atoms with Crippen LogP contribution in [-0.4, -0.2) is 53.4 Å². The van der Waals surface area contributed by atoms with Gasteiger partial charge < -0.3 is 14.5 Å². The highest BCUT2D eigenvalue weighted by Crippen LogP contribution is 2.30. The summed E-state index contributed by atoms with van der Waals surface area (Å²) in [6.45, 7) is 8.16. The first-order valence-corrected chi connectivity index (χ1v) is 9.30. The van der Waals surface area contributed by atoms with Gasteiger partial charge >= 0.3 is 0 Å². The number of hydrogen-bond acceptors (Lipinski definition) is 7. The van der Waals surface area contributed by atoms with Gasteiger partial charge in [-0.15, -0.1) is 0 Å². The van der Waals surface area contributed by atoms with E-state index in [1.807, 2.05) is 24.4 Å². The molecule has 140 valence electrons. The van der Waals surface area contributed by atoms with Crippen LogP contribution in [0.1, 0.15) is 12.1 Å². The fourth-order valence-corrected chi connectivity index (χ4v) is 3.39. The van der Waals surface area contributed by atoms with Gasteiger partial charge in [-0.1, -0.05) is 24.2 Å². The number of hydrazone groups is 1. The number of nitrogens with zero attached hydrogens (tertiary/aromatic N) is 5. The SMILES string of the molecule is C=C(N/N=C1/CCOc2c(Cl)ccnc21)N1CCN(c2ccccn2)CC1. The van der Waals surface area contributed by atoms with Crippen molar-refractivity contribution in [3.63, 3.8) is 0 Å². The smallest absolute Gasteiger partial charge is 0.165 e. The maximum absolute atomic E-state index is 6.18. The highest BCUT2D eigenvalue weighted by Gasteiger charge is 2.22. The molecule has 0 aromatic carbocycles. The average Bonchev–Trinajstić information content (AvgIpc) is 2.73. The summed E-state index contributed by atoms with van der Waals surface area (Å²) in [4.78, 5) is 13.2. The minimum Gasteiger partial charge on any atom is -0.489 e. The van der Waals surface area contributed by atoms with E-state index in [0.29, 0.717) is 29.5 Å². The summed E-state index contributed by atoms with van der Waals surface area (Å²) in [6, 6.07) is 7.70. The minimum atomic E-state index is 0.536. The summed E-state index contributed by atoms with van der Waals surface area (Å²) in [5, 5.41) is 5.07. The number of aromatic nitrogens is 2. The number of anilines is 1. The lowest BCUT2D eigenvalue weighted by Gasteiger charge is -2.37. The number of pyridine rings is 2. The zero-order valence-electron chi connectivity index (χ0n) is 14.9. The lowest BCUT2D eigenvalue weighted by Crippen LogP contribution is -2.47. The van der Waals surface area contributed by atoms with Crippen molar-refractivity contribution < 1.29 is 4.74 Å². The second kappa shape index (κ2) is 7.84. The number of fused-ring (bicyclic) bond motifs is 1. The number of rotatable bonds is 4. The molecule has 1 N–H and O–H groups in total. The molecule has 2 aliphatic rings. The van der Waals surface area contributed by atoms with Gasteiger partial charge in [0.05, 0.1) is 17.3 Å². The van der Waals surface area contributed by atoms with Crippen molar-refractivity contribution in [3.8, 4) is 5.75 Å². The summed E-state index contributed by atoms with van der Waals surface area (Å²) < 4.78 is 5.61. The molecule has 8 heteroatoms. The van der Waals surface area contributed by atoms with E-state index in [2.05, 4.69) is 36.9 Å². The molecule has 2 aromatic heterocycles. The molecule has 0 unspecified atom stereocenters. The third-order valence-electron chi connectivity index (χ3n) is 4.67. The van der Waals surface area contributed by atoms with E-state index in [1.54, 1.807) is 12.3 Å². The summed E-state index contributed by atoms with van der Waals surface area (Å²) in [5.74, 6) is 2.39. The van der Waals surface area contributed by atoms with Crippen LogP contribution in [0.3, 0.4) is 0 Å². The van der Waals surface area contributed by atoms with Gasteiger partial charge in [0.2, 0.25) is 0 Å². The first-order chi connectivity index (χ1) is 13.2. The van der Waals surface area contributed by atoms with E-state index in [0.717, 1.165) is 43.5 Å². The van der Waals surface area contributed by atoms with Crippen LogP contribution < -0.4 is 15.1 Å². The molecule has 7 nitrogen and oxygen atoms in total. The predicted octanol–water partition coefficient (Wildman–Crippen LogP) is 2.50. The molecule has 1 fully saturated rings. The molecule has 4 heterocycles. The van der Waals surface area contributed by atoms with Crippen LogP contribution in [0.15, 0.2) is 54.2 Å². The van der Waals surface area contributed by atoms with Gasteiger partial charge in [-0.3, -0.25) is 10.4 Å². The molecule has 2 aromatic rings. The van der Waals surface area contributed by atoms with Crippen LogP contribution in [0, 0.1) is 0 Å². The number of nitrogens with one attached hydrogen (secondary N) is 1. The molecule has 0 saturated carbocycles. The first-order valence-electron chi connectivity index (χ1n) is 8.92. The maximum Gasteiger partial charge on any atom is 0.165 e. The van der Waals surface area contributed by atoms with Crippen molar-refractivity contribution in [1.82, 2.24) is 20.3 Å². The Bertz CT molecular complexity index is 849. The maximum atomic E-state index is 6.18. The molecule has 0 aliphatic carbocycles. The zero-order valence-corrected chi connectivity index (χ0v) is 15.7. The molecule has 0 atom stereocenters. The van der Waals surface area contributed by atoms with Crippen LogP contribution in [0.25, 0.3) is 0 Å².